The summed E-state index contributed by atoms with van der Waals surface area (Å²) in [6, 6.07) is 15.0. The van der Waals surface area contributed by atoms with E-state index in [1.54, 1.807) is 6.07 Å². The maximum Gasteiger partial charge on any atom is 0.123 e. The van der Waals surface area contributed by atoms with Gasteiger partial charge in [-0.1, -0.05) is 35.9 Å². The fourth-order valence-corrected chi connectivity index (χ4v) is 2.64. The topological polar surface area (TPSA) is 40.5 Å². The molecule has 0 aliphatic heterocycles. The zero-order valence-electron chi connectivity index (χ0n) is 11.5. The summed E-state index contributed by atoms with van der Waals surface area (Å²) in [5.41, 5.74) is 3.91. The predicted molar refractivity (Wildman–Crippen MR) is 82.2 cm³/mol. The van der Waals surface area contributed by atoms with Gasteiger partial charge in [0.05, 0.1) is 0 Å². The summed E-state index contributed by atoms with van der Waals surface area (Å²) >= 11 is 0. The molecule has 0 aromatic heterocycles. The second-order valence-corrected chi connectivity index (χ2v) is 5.18. The van der Waals surface area contributed by atoms with Crippen molar-refractivity contribution in [1.82, 2.24) is 0 Å². The summed E-state index contributed by atoms with van der Waals surface area (Å²) in [5.74, 6) is 0.334. The molecule has 3 aromatic rings. The molecule has 0 aliphatic carbocycles. The van der Waals surface area contributed by atoms with Crippen molar-refractivity contribution in [2.75, 3.05) is 0 Å². The van der Waals surface area contributed by atoms with Crippen LogP contribution in [-0.4, -0.2) is 10.2 Å². The van der Waals surface area contributed by atoms with Crippen LogP contribution in [0.15, 0.2) is 48.5 Å². The molecule has 3 rings (SSSR count). The summed E-state index contributed by atoms with van der Waals surface area (Å²) in [5, 5.41) is 22.0. The highest BCUT2D eigenvalue weighted by Gasteiger charge is 2.12. The van der Waals surface area contributed by atoms with Crippen molar-refractivity contribution in [3.63, 3.8) is 0 Å². The first-order chi connectivity index (χ1) is 9.56. The molecule has 0 amide bonds. The molecule has 0 saturated carbocycles. The van der Waals surface area contributed by atoms with Gasteiger partial charge in [0, 0.05) is 5.56 Å². The molecule has 0 spiro atoms. The Balaban J connectivity index is 2.40. The van der Waals surface area contributed by atoms with Crippen LogP contribution in [0.1, 0.15) is 11.1 Å². The zero-order valence-corrected chi connectivity index (χ0v) is 11.5. The van der Waals surface area contributed by atoms with Gasteiger partial charge in [0.1, 0.15) is 11.5 Å². The van der Waals surface area contributed by atoms with E-state index >= 15 is 0 Å². The second-order valence-electron chi connectivity index (χ2n) is 5.18. The van der Waals surface area contributed by atoms with Gasteiger partial charge in [-0.15, -0.1) is 0 Å². The molecule has 0 unspecified atom stereocenters. The van der Waals surface area contributed by atoms with Crippen LogP contribution < -0.4 is 0 Å². The molecule has 0 bridgehead atoms. The number of hydrogen-bond acceptors (Lipinski definition) is 2. The van der Waals surface area contributed by atoms with Crippen LogP contribution in [0, 0.1) is 13.8 Å². The van der Waals surface area contributed by atoms with Gasteiger partial charge in [-0.25, -0.2) is 0 Å². The van der Waals surface area contributed by atoms with Crippen molar-refractivity contribution in [1.29, 1.82) is 0 Å². The number of aromatic hydroxyl groups is 2. The minimum absolute atomic E-state index is 0.154. The third kappa shape index (κ3) is 1.99. The van der Waals surface area contributed by atoms with Gasteiger partial charge in [-0.2, -0.15) is 0 Å². The number of fused-ring (bicyclic) bond motifs is 1. The van der Waals surface area contributed by atoms with Crippen molar-refractivity contribution in [2.24, 2.45) is 0 Å². The Hall–Kier alpha value is -2.48. The Morgan fingerprint density at radius 1 is 0.800 bits per heavy atom. The van der Waals surface area contributed by atoms with Crippen molar-refractivity contribution < 1.29 is 10.2 Å². The van der Waals surface area contributed by atoms with E-state index in [1.165, 1.54) is 17.7 Å². The first kappa shape index (κ1) is 12.5. The van der Waals surface area contributed by atoms with Crippen molar-refractivity contribution >= 4 is 10.8 Å². The van der Waals surface area contributed by atoms with Crippen LogP contribution in [0.3, 0.4) is 0 Å². The second kappa shape index (κ2) is 4.57. The third-order valence-corrected chi connectivity index (χ3v) is 3.63. The molecule has 0 aliphatic rings. The predicted octanol–water partition coefficient (Wildman–Crippen LogP) is 4.53. The van der Waals surface area contributed by atoms with Gasteiger partial charge in [0.15, 0.2) is 0 Å². The molecule has 0 saturated heterocycles. The summed E-state index contributed by atoms with van der Waals surface area (Å²) in [7, 11) is 0. The minimum Gasteiger partial charge on any atom is -0.508 e. The summed E-state index contributed by atoms with van der Waals surface area (Å²) in [6.07, 6.45) is 0. The number of hydrogen-bond donors (Lipinski definition) is 2. The monoisotopic (exact) mass is 264 g/mol. The van der Waals surface area contributed by atoms with E-state index in [4.69, 9.17) is 0 Å². The maximum absolute atomic E-state index is 10.1. The zero-order chi connectivity index (χ0) is 14.3. The summed E-state index contributed by atoms with van der Waals surface area (Å²) in [6.45, 7) is 4.07. The van der Waals surface area contributed by atoms with Crippen molar-refractivity contribution in [2.45, 2.75) is 13.8 Å². The average Bonchev–Trinajstić information content (AvgIpc) is 2.42. The van der Waals surface area contributed by atoms with E-state index in [1.807, 2.05) is 13.0 Å². The van der Waals surface area contributed by atoms with Gasteiger partial charge in [-0.05, 0) is 53.9 Å². The fraction of sp³-hybridized carbons (Fsp3) is 0.111. The lowest BCUT2D eigenvalue weighted by molar-refractivity contribution is 0.462. The smallest absolute Gasteiger partial charge is 0.123 e. The molecule has 3 aromatic carbocycles. The number of aryl methyl sites for hydroxylation is 2. The lowest BCUT2D eigenvalue weighted by Crippen LogP contribution is -1.88. The van der Waals surface area contributed by atoms with Crippen molar-refractivity contribution in [3.05, 3.63) is 59.7 Å². The molecule has 2 heteroatoms. The molecule has 100 valence electrons. The quantitative estimate of drug-likeness (QED) is 0.634. The Morgan fingerprint density at radius 3 is 2.40 bits per heavy atom. The Morgan fingerprint density at radius 2 is 1.60 bits per heavy atom. The first-order valence-electron chi connectivity index (χ1n) is 6.58. The van der Waals surface area contributed by atoms with E-state index in [0.29, 0.717) is 5.56 Å². The normalized spacial score (nSPS) is 10.9. The summed E-state index contributed by atoms with van der Waals surface area (Å²) in [4.78, 5) is 0. The Kier molecular flexibility index (Phi) is 2.87. The van der Waals surface area contributed by atoms with Gasteiger partial charge in [-0.3, -0.25) is 0 Å². The average molecular weight is 264 g/mol. The SMILES string of the molecule is Cc1ccc2c(-c3cc(O)ccc3O)c(C)ccc2c1. The van der Waals surface area contributed by atoms with Crippen LogP contribution >= 0.6 is 0 Å². The molecule has 0 fully saturated rings. The number of phenolic OH excluding ortho intramolecular Hbond substituents is 2. The molecular formula is C18H16O2. The molecule has 2 nitrogen and oxygen atoms in total. The van der Waals surface area contributed by atoms with Crippen LogP contribution in [0.5, 0.6) is 11.5 Å². The number of benzene rings is 3. The van der Waals surface area contributed by atoms with Gasteiger partial charge >= 0.3 is 0 Å². The molecule has 20 heavy (non-hydrogen) atoms. The van der Waals surface area contributed by atoms with E-state index in [9.17, 15) is 10.2 Å². The fourth-order valence-electron chi connectivity index (χ4n) is 2.64. The van der Waals surface area contributed by atoms with Crippen LogP contribution in [-0.2, 0) is 0 Å². The van der Waals surface area contributed by atoms with Crippen LogP contribution in [0.2, 0.25) is 0 Å². The lowest BCUT2D eigenvalue weighted by atomic mass is 9.92. The maximum atomic E-state index is 10.1. The Labute approximate surface area is 117 Å². The first-order valence-corrected chi connectivity index (χ1v) is 6.58. The number of phenols is 2. The largest absolute Gasteiger partial charge is 0.508 e. The highest BCUT2D eigenvalue weighted by Crippen LogP contribution is 2.38. The highest BCUT2D eigenvalue weighted by atomic mass is 16.3. The van der Waals surface area contributed by atoms with E-state index in [2.05, 4.69) is 31.2 Å². The molecular weight excluding hydrogens is 248 g/mol. The van der Waals surface area contributed by atoms with Gasteiger partial charge in [0.25, 0.3) is 0 Å². The highest BCUT2D eigenvalue weighted by molar-refractivity contribution is 6.00. The summed E-state index contributed by atoms with van der Waals surface area (Å²) < 4.78 is 0. The molecule has 0 atom stereocenters. The van der Waals surface area contributed by atoms with Gasteiger partial charge < -0.3 is 10.2 Å². The van der Waals surface area contributed by atoms with E-state index in [0.717, 1.165) is 21.9 Å². The van der Waals surface area contributed by atoms with Gasteiger partial charge in [0.2, 0.25) is 0 Å². The molecule has 0 heterocycles. The standard InChI is InChI=1S/C18H16O2/c1-11-3-7-15-13(9-11)5-4-12(2)18(15)16-10-14(19)6-8-17(16)20/h3-10,19-20H,1-2H3. The van der Waals surface area contributed by atoms with Crippen LogP contribution in [0.25, 0.3) is 21.9 Å². The van der Waals surface area contributed by atoms with E-state index in [-0.39, 0.29) is 11.5 Å². The Bertz CT molecular complexity index is 804. The lowest BCUT2D eigenvalue weighted by Gasteiger charge is -2.13. The number of rotatable bonds is 1. The minimum atomic E-state index is 0.154. The molecule has 0 radical (unpaired) electrons. The van der Waals surface area contributed by atoms with E-state index < -0.39 is 0 Å². The van der Waals surface area contributed by atoms with Crippen LogP contribution in [0.4, 0.5) is 0 Å². The molecule has 2 N–H and O–H groups in total. The third-order valence-electron chi connectivity index (χ3n) is 3.63. The van der Waals surface area contributed by atoms with Crippen molar-refractivity contribution in [3.8, 4) is 22.6 Å².